The number of hydrogen-bond acceptors (Lipinski definition) is 5. The van der Waals surface area contributed by atoms with E-state index in [1.807, 2.05) is 12.1 Å². The summed E-state index contributed by atoms with van der Waals surface area (Å²) in [5, 5.41) is 13.2. The molecule has 1 aromatic heterocycles. The van der Waals surface area contributed by atoms with Crippen molar-refractivity contribution in [1.82, 2.24) is 10.3 Å². The van der Waals surface area contributed by atoms with Gasteiger partial charge in [0.2, 0.25) is 5.88 Å². The Labute approximate surface area is 150 Å². The molecule has 1 saturated heterocycles. The van der Waals surface area contributed by atoms with Crippen LogP contribution in [0.2, 0.25) is 10.0 Å². The van der Waals surface area contributed by atoms with Gasteiger partial charge >= 0.3 is 0 Å². The maximum Gasteiger partial charge on any atom is 0.214 e. The van der Waals surface area contributed by atoms with E-state index in [0.29, 0.717) is 34.8 Å². The molecular weight excluding hydrogens is 349 g/mol. The van der Waals surface area contributed by atoms with Crippen molar-refractivity contribution in [2.24, 2.45) is 0 Å². The molecule has 0 spiro atoms. The lowest BCUT2D eigenvalue weighted by atomic mass is 10.0. The van der Waals surface area contributed by atoms with Crippen LogP contribution in [0.5, 0.6) is 5.88 Å². The van der Waals surface area contributed by atoms with Gasteiger partial charge < -0.3 is 14.8 Å². The Morgan fingerprint density at radius 2 is 2.12 bits per heavy atom. The maximum atomic E-state index is 8.97. The minimum atomic E-state index is -0.317. The third-order valence-electron chi connectivity index (χ3n) is 3.64. The molecule has 3 rings (SSSR count). The predicted molar refractivity (Wildman–Crippen MR) is 91.4 cm³/mol. The second-order valence-corrected chi connectivity index (χ2v) is 6.11. The van der Waals surface area contributed by atoms with Crippen molar-refractivity contribution in [2.45, 2.75) is 12.2 Å². The average molecular weight is 364 g/mol. The molecule has 2 aromatic rings. The molecule has 24 heavy (non-hydrogen) atoms. The van der Waals surface area contributed by atoms with Gasteiger partial charge in [0.15, 0.2) is 0 Å². The van der Waals surface area contributed by atoms with Gasteiger partial charge in [-0.1, -0.05) is 35.3 Å². The number of aromatic nitrogens is 1. The highest BCUT2D eigenvalue weighted by Crippen LogP contribution is 2.31. The maximum absolute atomic E-state index is 8.97. The molecule has 1 aliphatic heterocycles. The van der Waals surface area contributed by atoms with Gasteiger partial charge in [-0.2, -0.15) is 5.26 Å². The number of ether oxygens (including phenoxy) is 2. The zero-order valence-electron chi connectivity index (χ0n) is 12.7. The summed E-state index contributed by atoms with van der Waals surface area (Å²) in [4.78, 5) is 4.16. The van der Waals surface area contributed by atoms with Gasteiger partial charge in [0.05, 0.1) is 16.7 Å². The summed E-state index contributed by atoms with van der Waals surface area (Å²) < 4.78 is 11.9. The molecule has 1 fully saturated rings. The zero-order chi connectivity index (χ0) is 16.9. The van der Waals surface area contributed by atoms with Crippen LogP contribution in [0.3, 0.4) is 0 Å². The minimum Gasteiger partial charge on any atom is -0.470 e. The number of nitrogens with one attached hydrogen (secondary N) is 1. The van der Waals surface area contributed by atoms with Crippen LogP contribution in [0, 0.1) is 11.3 Å². The third-order valence-corrected chi connectivity index (χ3v) is 4.38. The lowest BCUT2D eigenvalue weighted by Gasteiger charge is -2.25. The molecular formula is C17H15Cl2N3O2. The summed E-state index contributed by atoms with van der Waals surface area (Å²) in [6, 6.07) is 12.5. The van der Waals surface area contributed by atoms with E-state index in [9.17, 15) is 0 Å². The van der Waals surface area contributed by atoms with Gasteiger partial charge in [-0.25, -0.2) is 4.98 Å². The molecule has 0 amide bonds. The summed E-state index contributed by atoms with van der Waals surface area (Å²) in [7, 11) is 0. The number of pyridine rings is 1. The fourth-order valence-electron chi connectivity index (χ4n) is 2.52. The van der Waals surface area contributed by atoms with Crippen molar-refractivity contribution in [3.8, 4) is 11.9 Å². The van der Waals surface area contributed by atoms with Crippen LogP contribution < -0.4 is 10.1 Å². The Balaban J connectivity index is 1.87. The Kier molecular flexibility index (Phi) is 5.54. The van der Waals surface area contributed by atoms with E-state index >= 15 is 0 Å². The Bertz CT molecular complexity index is 764. The Hall–Kier alpha value is -1.84. The quantitative estimate of drug-likeness (QED) is 0.905. The van der Waals surface area contributed by atoms with Crippen LogP contribution in [-0.2, 0) is 4.74 Å². The van der Waals surface area contributed by atoms with Gasteiger partial charge in [0, 0.05) is 19.2 Å². The molecule has 2 heterocycles. The average Bonchev–Trinajstić information content (AvgIpc) is 2.83. The number of halogens is 2. The van der Waals surface area contributed by atoms with Crippen LogP contribution in [0.4, 0.5) is 0 Å². The summed E-state index contributed by atoms with van der Waals surface area (Å²) >= 11 is 12.1. The fraction of sp³-hybridized carbons (Fsp3) is 0.294. The van der Waals surface area contributed by atoms with Crippen molar-refractivity contribution in [2.75, 3.05) is 19.7 Å². The van der Waals surface area contributed by atoms with Crippen molar-refractivity contribution in [1.29, 1.82) is 5.26 Å². The standard InChI is InChI=1S/C17H15Cl2N3O2/c18-13-5-4-11(8-14(13)19)17-15(10-21-6-7-23-17)24-16-3-1-2-12(9-20)22-16/h1-5,8,15,17,21H,6-7,10H2/t15-,17?/m0/s1. The zero-order valence-corrected chi connectivity index (χ0v) is 14.2. The Morgan fingerprint density at radius 3 is 2.92 bits per heavy atom. The largest absolute Gasteiger partial charge is 0.470 e. The third kappa shape index (κ3) is 3.97. The van der Waals surface area contributed by atoms with Gasteiger partial charge in [-0.3, -0.25) is 0 Å². The Morgan fingerprint density at radius 1 is 1.25 bits per heavy atom. The van der Waals surface area contributed by atoms with E-state index < -0.39 is 0 Å². The normalized spacial score (nSPS) is 20.9. The van der Waals surface area contributed by atoms with E-state index in [1.54, 1.807) is 30.3 Å². The van der Waals surface area contributed by atoms with Crippen LogP contribution in [-0.4, -0.2) is 30.8 Å². The van der Waals surface area contributed by atoms with Crippen LogP contribution in [0.1, 0.15) is 17.4 Å². The van der Waals surface area contributed by atoms with Crippen LogP contribution in [0.25, 0.3) is 0 Å². The molecule has 5 nitrogen and oxygen atoms in total. The molecule has 0 radical (unpaired) electrons. The topological polar surface area (TPSA) is 67.2 Å². The molecule has 1 aromatic carbocycles. The van der Waals surface area contributed by atoms with E-state index in [4.69, 9.17) is 37.9 Å². The molecule has 1 unspecified atom stereocenters. The number of nitriles is 1. The molecule has 0 aliphatic carbocycles. The highest BCUT2D eigenvalue weighted by Gasteiger charge is 2.28. The first kappa shape index (κ1) is 17.0. The summed E-state index contributed by atoms with van der Waals surface area (Å²) in [5.74, 6) is 0.386. The number of benzene rings is 1. The van der Waals surface area contributed by atoms with Crippen molar-refractivity contribution in [3.63, 3.8) is 0 Å². The monoisotopic (exact) mass is 363 g/mol. The van der Waals surface area contributed by atoms with Gasteiger partial charge in [-0.05, 0) is 23.8 Å². The van der Waals surface area contributed by atoms with Gasteiger partial charge in [-0.15, -0.1) is 0 Å². The van der Waals surface area contributed by atoms with E-state index in [2.05, 4.69) is 10.3 Å². The predicted octanol–water partition coefficient (Wildman–Crippen LogP) is 3.37. The first-order valence-corrected chi connectivity index (χ1v) is 8.24. The molecule has 124 valence electrons. The van der Waals surface area contributed by atoms with Crippen molar-refractivity contribution in [3.05, 3.63) is 57.7 Å². The minimum absolute atomic E-state index is 0.307. The second kappa shape index (κ2) is 7.82. The SMILES string of the molecule is N#Cc1cccc(O[C@H]2CNCCOC2c2ccc(Cl)c(Cl)c2)n1. The van der Waals surface area contributed by atoms with E-state index in [-0.39, 0.29) is 12.2 Å². The summed E-state index contributed by atoms with van der Waals surface area (Å²) in [5.41, 5.74) is 1.19. The molecule has 1 aliphatic rings. The van der Waals surface area contributed by atoms with Crippen molar-refractivity contribution >= 4 is 23.2 Å². The van der Waals surface area contributed by atoms with E-state index in [0.717, 1.165) is 12.1 Å². The summed E-state index contributed by atoms with van der Waals surface area (Å²) in [6.45, 7) is 1.86. The van der Waals surface area contributed by atoms with Crippen LogP contribution >= 0.6 is 23.2 Å². The highest BCUT2D eigenvalue weighted by molar-refractivity contribution is 6.42. The van der Waals surface area contributed by atoms with Crippen molar-refractivity contribution < 1.29 is 9.47 Å². The van der Waals surface area contributed by atoms with Gasteiger partial charge in [0.25, 0.3) is 0 Å². The lowest BCUT2D eigenvalue weighted by Crippen LogP contribution is -2.34. The molecule has 1 N–H and O–H groups in total. The molecule has 0 bridgehead atoms. The number of rotatable bonds is 3. The smallest absolute Gasteiger partial charge is 0.214 e. The first-order chi connectivity index (χ1) is 11.7. The number of hydrogen-bond donors (Lipinski definition) is 1. The molecule has 7 heteroatoms. The van der Waals surface area contributed by atoms with Crippen LogP contribution in [0.15, 0.2) is 36.4 Å². The molecule has 2 atom stereocenters. The fourth-order valence-corrected chi connectivity index (χ4v) is 2.82. The lowest BCUT2D eigenvalue weighted by molar-refractivity contribution is -0.0100. The van der Waals surface area contributed by atoms with E-state index in [1.165, 1.54) is 0 Å². The second-order valence-electron chi connectivity index (χ2n) is 5.30. The first-order valence-electron chi connectivity index (χ1n) is 7.48. The highest BCUT2D eigenvalue weighted by atomic mass is 35.5. The summed E-state index contributed by atoms with van der Waals surface area (Å²) in [6.07, 6.45) is -0.631. The molecule has 0 saturated carbocycles. The number of nitrogens with zero attached hydrogens (tertiary/aromatic N) is 2. The van der Waals surface area contributed by atoms with Gasteiger partial charge in [0.1, 0.15) is 24.0 Å².